The second kappa shape index (κ2) is 7.33. The van der Waals surface area contributed by atoms with Crippen LogP contribution in [0.5, 0.6) is 0 Å². The van der Waals surface area contributed by atoms with E-state index >= 15 is 0 Å². The van der Waals surface area contributed by atoms with Crippen LogP contribution in [0.4, 0.5) is 0 Å². The molecule has 0 aliphatic heterocycles. The van der Waals surface area contributed by atoms with Gasteiger partial charge in [-0.05, 0) is 38.2 Å². The fourth-order valence-electron chi connectivity index (χ4n) is 1.69. The van der Waals surface area contributed by atoms with Gasteiger partial charge < -0.3 is 9.64 Å². The van der Waals surface area contributed by atoms with Crippen molar-refractivity contribution in [1.29, 1.82) is 0 Å². The number of hydrogen-bond donors (Lipinski definition) is 0. The minimum absolute atomic E-state index is 0.0558. The van der Waals surface area contributed by atoms with Crippen LogP contribution in [0, 0.1) is 0 Å². The number of carbonyl (C=O) groups excluding carboxylic acids is 2. The molecule has 1 aromatic rings. The van der Waals surface area contributed by atoms with E-state index < -0.39 is 5.97 Å². The van der Waals surface area contributed by atoms with Gasteiger partial charge in [-0.15, -0.1) is 5.10 Å². The lowest BCUT2D eigenvalue weighted by Crippen LogP contribution is -2.41. The van der Waals surface area contributed by atoms with E-state index in [0.717, 1.165) is 11.5 Å². The normalized spacial score (nSPS) is 10.9. The van der Waals surface area contributed by atoms with Crippen LogP contribution in [0.15, 0.2) is 0 Å². The van der Waals surface area contributed by atoms with Crippen LogP contribution in [0.2, 0.25) is 0 Å². The van der Waals surface area contributed by atoms with Crippen molar-refractivity contribution in [2.45, 2.75) is 46.6 Å². The Morgan fingerprint density at radius 3 is 2.45 bits per heavy atom. The van der Waals surface area contributed by atoms with Crippen molar-refractivity contribution in [2.24, 2.45) is 0 Å². The number of esters is 1. The lowest BCUT2D eigenvalue weighted by Gasteiger charge is -2.25. The lowest BCUT2D eigenvalue weighted by atomic mass is 10.1. The van der Waals surface area contributed by atoms with Gasteiger partial charge in [-0.25, -0.2) is 0 Å². The second-order valence-corrected chi connectivity index (χ2v) is 5.73. The third kappa shape index (κ3) is 4.00. The molecule has 0 unspecified atom stereocenters. The number of amides is 1. The van der Waals surface area contributed by atoms with Crippen molar-refractivity contribution in [3.8, 4) is 0 Å². The van der Waals surface area contributed by atoms with Crippen LogP contribution >= 0.6 is 11.5 Å². The molecular formula is C13H21N3O3S. The maximum atomic E-state index is 12.6. The van der Waals surface area contributed by atoms with Crippen molar-refractivity contribution in [3.63, 3.8) is 0 Å². The predicted octanol–water partition coefficient (Wildman–Crippen LogP) is 2.08. The number of ether oxygens (including phenoxy) is 1. The molecule has 1 heterocycles. The maximum absolute atomic E-state index is 12.6. The minimum Gasteiger partial charge on any atom is -0.465 e. The SMILES string of the molecule is CCOC(=O)CN(C(=O)c1snnc1C(C)C)C(C)C. The van der Waals surface area contributed by atoms with Crippen LogP contribution in [0.25, 0.3) is 0 Å². The smallest absolute Gasteiger partial charge is 0.325 e. The van der Waals surface area contributed by atoms with Gasteiger partial charge in [0.2, 0.25) is 0 Å². The summed E-state index contributed by atoms with van der Waals surface area (Å²) in [6.45, 7) is 9.62. The van der Waals surface area contributed by atoms with Gasteiger partial charge in [0, 0.05) is 6.04 Å². The number of carbonyl (C=O) groups is 2. The fraction of sp³-hybridized carbons (Fsp3) is 0.692. The largest absolute Gasteiger partial charge is 0.465 e. The Bertz CT molecular complexity index is 471. The number of nitrogens with zero attached hydrogens (tertiary/aromatic N) is 3. The predicted molar refractivity (Wildman–Crippen MR) is 76.8 cm³/mol. The molecule has 0 bridgehead atoms. The molecule has 7 heteroatoms. The molecule has 0 fully saturated rings. The van der Waals surface area contributed by atoms with Crippen LogP contribution < -0.4 is 0 Å². The highest BCUT2D eigenvalue weighted by atomic mass is 32.1. The molecule has 112 valence electrons. The highest BCUT2D eigenvalue weighted by Crippen LogP contribution is 2.22. The van der Waals surface area contributed by atoms with Crippen molar-refractivity contribution >= 4 is 23.4 Å². The van der Waals surface area contributed by atoms with Crippen LogP contribution in [-0.2, 0) is 9.53 Å². The molecule has 1 rings (SSSR count). The highest BCUT2D eigenvalue weighted by molar-refractivity contribution is 7.08. The van der Waals surface area contributed by atoms with Crippen molar-refractivity contribution in [2.75, 3.05) is 13.2 Å². The second-order valence-electron chi connectivity index (χ2n) is 4.97. The first-order valence-electron chi connectivity index (χ1n) is 6.67. The summed E-state index contributed by atoms with van der Waals surface area (Å²) in [5.41, 5.74) is 0.675. The Hall–Kier alpha value is -1.50. The van der Waals surface area contributed by atoms with Gasteiger partial charge in [0.25, 0.3) is 5.91 Å². The Morgan fingerprint density at radius 2 is 1.95 bits per heavy atom. The van der Waals surface area contributed by atoms with Crippen LogP contribution in [0.1, 0.15) is 55.9 Å². The van der Waals surface area contributed by atoms with Gasteiger partial charge >= 0.3 is 5.97 Å². The Balaban J connectivity index is 2.94. The van der Waals surface area contributed by atoms with E-state index in [9.17, 15) is 9.59 Å². The van der Waals surface area contributed by atoms with E-state index in [1.165, 1.54) is 4.90 Å². The van der Waals surface area contributed by atoms with Gasteiger partial charge in [0.15, 0.2) is 0 Å². The van der Waals surface area contributed by atoms with E-state index in [0.29, 0.717) is 17.2 Å². The topological polar surface area (TPSA) is 72.4 Å². The molecule has 0 radical (unpaired) electrons. The van der Waals surface area contributed by atoms with E-state index in [1.807, 2.05) is 27.7 Å². The van der Waals surface area contributed by atoms with E-state index in [1.54, 1.807) is 6.92 Å². The third-order valence-corrected chi connectivity index (χ3v) is 3.47. The molecule has 0 aliphatic rings. The molecule has 0 N–H and O–H groups in total. The van der Waals surface area contributed by atoms with E-state index in [4.69, 9.17) is 4.74 Å². The molecule has 0 aliphatic carbocycles. The summed E-state index contributed by atoms with van der Waals surface area (Å²) in [5, 5.41) is 4.00. The monoisotopic (exact) mass is 299 g/mol. The molecular weight excluding hydrogens is 278 g/mol. The zero-order chi connectivity index (χ0) is 15.3. The molecule has 0 saturated heterocycles. The molecule has 0 spiro atoms. The quantitative estimate of drug-likeness (QED) is 0.752. The lowest BCUT2D eigenvalue weighted by molar-refractivity contribution is -0.144. The maximum Gasteiger partial charge on any atom is 0.325 e. The van der Waals surface area contributed by atoms with Crippen LogP contribution in [0.3, 0.4) is 0 Å². The van der Waals surface area contributed by atoms with Gasteiger partial charge in [-0.3, -0.25) is 9.59 Å². The number of aromatic nitrogens is 2. The molecule has 1 aromatic heterocycles. The van der Waals surface area contributed by atoms with Crippen molar-refractivity contribution in [1.82, 2.24) is 14.5 Å². The van der Waals surface area contributed by atoms with E-state index in [-0.39, 0.29) is 24.4 Å². The minimum atomic E-state index is -0.405. The molecule has 1 amide bonds. The molecule has 0 saturated carbocycles. The highest BCUT2D eigenvalue weighted by Gasteiger charge is 2.27. The number of rotatable bonds is 6. The Morgan fingerprint density at radius 1 is 1.30 bits per heavy atom. The summed E-state index contributed by atoms with van der Waals surface area (Å²) < 4.78 is 8.76. The van der Waals surface area contributed by atoms with Crippen LogP contribution in [-0.4, -0.2) is 45.6 Å². The zero-order valence-corrected chi connectivity index (χ0v) is 13.4. The van der Waals surface area contributed by atoms with Gasteiger partial charge in [-0.1, -0.05) is 18.3 Å². The summed E-state index contributed by atoms with van der Waals surface area (Å²) in [7, 11) is 0. The summed E-state index contributed by atoms with van der Waals surface area (Å²) in [4.78, 5) is 26.2. The Labute approximate surface area is 123 Å². The first kappa shape index (κ1) is 16.6. The first-order valence-corrected chi connectivity index (χ1v) is 7.44. The van der Waals surface area contributed by atoms with Crippen molar-refractivity contribution < 1.29 is 14.3 Å². The molecule has 0 aromatic carbocycles. The summed E-state index contributed by atoms with van der Waals surface area (Å²) in [5.74, 6) is -0.505. The summed E-state index contributed by atoms with van der Waals surface area (Å²) in [6.07, 6.45) is 0. The first-order chi connectivity index (χ1) is 9.38. The average molecular weight is 299 g/mol. The zero-order valence-electron chi connectivity index (χ0n) is 12.5. The van der Waals surface area contributed by atoms with Gasteiger partial charge in [0.1, 0.15) is 11.4 Å². The van der Waals surface area contributed by atoms with Crippen molar-refractivity contribution in [3.05, 3.63) is 10.6 Å². The fourth-order valence-corrected chi connectivity index (χ4v) is 2.46. The molecule has 6 nitrogen and oxygen atoms in total. The molecule has 0 atom stereocenters. The molecule has 20 heavy (non-hydrogen) atoms. The summed E-state index contributed by atoms with van der Waals surface area (Å²) in [6, 6.07) is -0.103. The van der Waals surface area contributed by atoms with Gasteiger partial charge in [0.05, 0.1) is 12.3 Å². The Kier molecular flexibility index (Phi) is 6.06. The van der Waals surface area contributed by atoms with E-state index in [2.05, 4.69) is 9.59 Å². The standard InChI is InChI=1S/C13H21N3O3S/c1-6-19-10(17)7-16(9(4)5)13(18)12-11(8(2)3)14-15-20-12/h8-9H,6-7H2,1-5H3. The summed E-state index contributed by atoms with van der Waals surface area (Å²) >= 11 is 1.07. The van der Waals surface area contributed by atoms with Gasteiger partial charge in [-0.2, -0.15) is 0 Å². The third-order valence-electron chi connectivity index (χ3n) is 2.74. The average Bonchev–Trinajstić information content (AvgIpc) is 2.84. The number of hydrogen-bond acceptors (Lipinski definition) is 6.